The first kappa shape index (κ1) is 24.1. The van der Waals surface area contributed by atoms with Crippen molar-refractivity contribution in [2.24, 2.45) is 0 Å². The fourth-order valence-electron chi connectivity index (χ4n) is 3.98. The summed E-state index contributed by atoms with van der Waals surface area (Å²) < 4.78 is 6.18. The molecule has 4 aromatic rings. The number of Topliss-reactive ketones (excluding diaryl/α,β-unsaturated/α-hetero) is 1. The third-order valence-corrected chi connectivity index (χ3v) is 8.44. The average molecular weight is 566 g/mol. The number of aryl methyl sites for hydroxylation is 1. The van der Waals surface area contributed by atoms with Gasteiger partial charge in [-0.3, -0.25) is 14.5 Å². The molecule has 1 N–H and O–H groups in total. The van der Waals surface area contributed by atoms with Gasteiger partial charge in [-0.25, -0.2) is 4.98 Å². The second-order valence-electron chi connectivity index (χ2n) is 7.72. The van der Waals surface area contributed by atoms with E-state index in [1.807, 2.05) is 18.4 Å². The Morgan fingerprint density at radius 1 is 1.14 bits per heavy atom. The third kappa shape index (κ3) is 3.99. The molecule has 11 heteroatoms. The maximum absolute atomic E-state index is 13.3. The fourth-order valence-corrected chi connectivity index (χ4v) is 6.60. The smallest absolute Gasteiger partial charge is 0.301 e. The van der Waals surface area contributed by atoms with Crippen LogP contribution in [0.4, 0.5) is 5.13 Å². The summed E-state index contributed by atoms with van der Waals surface area (Å²) in [6.07, 6.45) is 0. The summed E-state index contributed by atoms with van der Waals surface area (Å²) in [5, 5.41) is 14.5. The Morgan fingerprint density at radius 3 is 2.60 bits per heavy atom. The number of carbonyl (C=O) groups excluding carboxylic acids is 2. The largest absolute Gasteiger partial charge is 0.507 e. The van der Waals surface area contributed by atoms with Crippen molar-refractivity contribution in [2.75, 3.05) is 12.0 Å². The SMILES string of the molecule is COc1c(Cl)cc(Cl)cc1/C(O)=C1\C(=O)C(=O)N(c2nc3cc(Cl)c(C)cc3s2)C1c1cccs1. The predicted octanol–water partition coefficient (Wildman–Crippen LogP) is 7.26. The summed E-state index contributed by atoms with van der Waals surface area (Å²) >= 11 is 21.3. The molecule has 1 atom stereocenters. The lowest BCUT2D eigenvalue weighted by Crippen LogP contribution is -2.28. The van der Waals surface area contributed by atoms with E-state index in [0.29, 0.717) is 20.5 Å². The molecule has 6 nitrogen and oxygen atoms in total. The lowest BCUT2D eigenvalue weighted by molar-refractivity contribution is -0.132. The molecule has 1 saturated heterocycles. The van der Waals surface area contributed by atoms with Gasteiger partial charge in [-0.2, -0.15) is 0 Å². The Bertz CT molecular complexity index is 1510. The molecule has 1 aliphatic rings. The summed E-state index contributed by atoms with van der Waals surface area (Å²) in [6, 6.07) is 9.19. The maximum Gasteiger partial charge on any atom is 0.301 e. The number of thiophene rings is 1. The molecule has 2 aromatic heterocycles. The molecule has 0 radical (unpaired) electrons. The van der Waals surface area contributed by atoms with Gasteiger partial charge in [0.05, 0.1) is 33.5 Å². The van der Waals surface area contributed by atoms with E-state index >= 15 is 0 Å². The van der Waals surface area contributed by atoms with E-state index in [1.165, 1.54) is 46.8 Å². The highest BCUT2D eigenvalue weighted by molar-refractivity contribution is 7.22. The van der Waals surface area contributed by atoms with Crippen LogP contribution in [0, 0.1) is 6.92 Å². The fraction of sp³-hybridized carbons (Fsp3) is 0.125. The van der Waals surface area contributed by atoms with Gasteiger partial charge in [0.1, 0.15) is 17.6 Å². The topological polar surface area (TPSA) is 79.7 Å². The highest BCUT2D eigenvalue weighted by atomic mass is 35.5. The van der Waals surface area contributed by atoms with E-state index in [-0.39, 0.29) is 26.9 Å². The van der Waals surface area contributed by atoms with Crippen LogP contribution in [0.25, 0.3) is 16.0 Å². The predicted molar refractivity (Wildman–Crippen MR) is 141 cm³/mol. The number of ketones is 1. The second-order valence-corrected chi connectivity index (χ2v) is 11.0. The molecule has 0 aliphatic carbocycles. The van der Waals surface area contributed by atoms with Crippen LogP contribution in [0.3, 0.4) is 0 Å². The summed E-state index contributed by atoms with van der Waals surface area (Å²) in [6.45, 7) is 1.88. The zero-order valence-electron chi connectivity index (χ0n) is 18.1. The summed E-state index contributed by atoms with van der Waals surface area (Å²) in [7, 11) is 1.38. The number of halogens is 3. The number of carbonyl (C=O) groups is 2. The molecule has 1 fully saturated rings. The van der Waals surface area contributed by atoms with Gasteiger partial charge in [0.2, 0.25) is 0 Å². The van der Waals surface area contributed by atoms with E-state index in [0.717, 1.165) is 10.3 Å². The zero-order valence-corrected chi connectivity index (χ0v) is 22.0. The number of thiazole rings is 1. The highest BCUT2D eigenvalue weighted by Gasteiger charge is 2.49. The molecule has 178 valence electrons. The Hall–Kier alpha value is -2.62. The van der Waals surface area contributed by atoms with Crippen molar-refractivity contribution < 1.29 is 19.4 Å². The number of fused-ring (bicyclic) bond motifs is 1. The third-order valence-electron chi connectivity index (χ3n) is 5.59. The number of rotatable bonds is 4. The molecule has 5 rings (SSSR count). The minimum Gasteiger partial charge on any atom is -0.507 e. The number of hydrogen-bond donors (Lipinski definition) is 1. The molecule has 35 heavy (non-hydrogen) atoms. The van der Waals surface area contributed by atoms with Gasteiger partial charge in [0.25, 0.3) is 5.78 Å². The first-order chi connectivity index (χ1) is 16.7. The normalized spacial score (nSPS) is 17.5. The van der Waals surface area contributed by atoms with Gasteiger partial charge < -0.3 is 9.84 Å². The van der Waals surface area contributed by atoms with Crippen molar-refractivity contribution >= 4 is 90.3 Å². The lowest BCUT2D eigenvalue weighted by atomic mass is 9.99. The number of methoxy groups -OCH3 is 1. The standard InChI is InChI=1S/C24H15Cl3N2O4S2/c1-10-6-17-15(9-13(10)26)28-24(35-17)29-19(16-4-3-5-34-16)18(21(31)23(29)32)20(30)12-7-11(25)8-14(27)22(12)33-2/h3-9,19,30H,1-2H3/b20-18+. The molecule has 1 unspecified atom stereocenters. The Balaban J connectivity index is 1.75. The van der Waals surface area contributed by atoms with Crippen molar-refractivity contribution in [3.63, 3.8) is 0 Å². The minimum absolute atomic E-state index is 0.108. The lowest BCUT2D eigenvalue weighted by Gasteiger charge is -2.21. The molecule has 0 spiro atoms. The second kappa shape index (κ2) is 9.11. The van der Waals surface area contributed by atoms with Crippen molar-refractivity contribution in [1.29, 1.82) is 0 Å². The number of nitrogens with zero attached hydrogens (tertiary/aromatic N) is 2. The number of aliphatic hydroxyl groups is 1. The maximum atomic E-state index is 13.3. The van der Waals surface area contributed by atoms with Crippen LogP contribution in [0.2, 0.25) is 15.1 Å². The number of benzene rings is 2. The van der Waals surface area contributed by atoms with Crippen LogP contribution in [-0.2, 0) is 9.59 Å². The Morgan fingerprint density at radius 2 is 1.91 bits per heavy atom. The quantitative estimate of drug-likeness (QED) is 0.160. The molecule has 1 amide bonds. The first-order valence-electron chi connectivity index (χ1n) is 10.2. The number of ether oxygens (including phenoxy) is 1. The van der Waals surface area contributed by atoms with Crippen LogP contribution >= 0.6 is 57.5 Å². The van der Waals surface area contributed by atoms with Crippen LogP contribution in [-0.4, -0.2) is 28.9 Å². The van der Waals surface area contributed by atoms with E-state index in [1.54, 1.807) is 18.2 Å². The summed E-state index contributed by atoms with van der Waals surface area (Å²) in [5.41, 5.74) is 1.48. The van der Waals surface area contributed by atoms with Crippen molar-refractivity contribution in [2.45, 2.75) is 13.0 Å². The van der Waals surface area contributed by atoms with E-state index in [2.05, 4.69) is 4.98 Å². The number of anilines is 1. The van der Waals surface area contributed by atoms with Crippen LogP contribution < -0.4 is 9.64 Å². The van der Waals surface area contributed by atoms with Crippen LogP contribution in [0.15, 0.2) is 47.4 Å². The van der Waals surface area contributed by atoms with E-state index in [9.17, 15) is 14.7 Å². The Labute approximate surface area is 222 Å². The number of aliphatic hydroxyl groups excluding tert-OH is 1. The number of hydrogen-bond acceptors (Lipinski definition) is 7. The van der Waals surface area contributed by atoms with Crippen LogP contribution in [0.5, 0.6) is 5.75 Å². The highest BCUT2D eigenvalue weighted by Crippen LogP contribution is 2.47. The van der Waals surface area contributed by atoms with E-state index in [4.69, 9.17) is 39.5 Å². The van der Waals surface area contributed by atoms with Crippen molar-refractivity contribution in [1.82, 2.24) is 4.98 Å². The van der Waals surface area contributed by atoms with Gasteiger partial charge in [-0.05, 0) is 48.2 Å². The molecular formula is C24H15Cl3N2O4S2. The van der Waals surface area contributed by atoms with Gasteiger partial charge in [0.15, 0.2) is 5.13 Å². The summed E-state index contributed by atoms with van der Waals surface area (Å²) in [5.74, 6) is -1.97. The molecule has 1 aliphatic heterocycles. The van der Waals surface area contributed by atoms with Crippen molar-refractivity contribution in [3.8, 4) is 5.75 Å². The van der Waals surface area contributed by atoms with E-state index < -0.39 is 23.5 Å². The van der Waals surface area contributed by atoms with Gasteiger partial charge in [-0.15, -0.1) is 11.3 Å². The van der Waals surface area contributed by atoms with Gasteiger partial charge in [-0.1, -0.05) is 52.2 Å². The molecule has 2 aromatic carbocycles. The van der Waals surface area contributed by atoms with Crippen molar-refractivity contribution in [3.05, 3.63) is 78.4 Å². The molecular weight excluding hydrogens is 551 g/mol. The molecule has 0 bridgehead atoms. The Kier molecular flexibility index (Phi) is 6.27. The average Bonchev–Trinajstić information content (AvgIpc) is 3.52. The molecule has 3 heterocycles. The molecule has 0 saturated carbocycles. The minimum atomic E-state index is -0.908. The first-order valence-corrected chi connectivity index (χ1v) is 13.0. The van der Waals surface area contributed by atoms with Gasteiger partial charge in [0, 0.05) is 14.9 Å². The number of amides is 1. The van der Waals surface area contributed by atoms with Crippen LogP contribution in [0.1, 0.15) is 22.0 Å². The summed E-state index contributed by atoms with van der Waals surface area (Å²) in [4.78, 5) is 33.3. The zero-order chi connectivity index (χ0) is 25.0. The monoisotopic (exact) mass is 564 g/mol. The van der Waals surface area contributed by atoms with Gasteiger partial charge >= 0.3 is 5.91 Å². The number of aromatic nitrogens is 1.